The summed E-state index contributed by atoms with van der Waals surface area (Å²) >= 11 is 0. The third-order valence-electron chi connectivity index (χ3n) is 3.86. The number of amidine groups is 1. The van der Waals surface area contributed by atoms with E-state index in [1.54, 1.807) is 11.1 Å². The second kappa shape index (κ2) is 3.52. The Balaban J connectivity index is 1.93. The van der Waals surface area contributed by atoms with Crippen molar-refractivity contribution in [3.05, 3.63) is 60.2 Å². The summed E-state index contributed by atoms with van der Waals surface area (Å²) in [6, 6.07) is 11.8. The number of aliphatic imine (C=N–C) groups is 1. The van der Waals surface area contributed by atoms with Crippen LogP contribution in [0.15, 0.2) is 53.8 Å². The van der Waals surface area contributed by atoms with E-state index in [4.69, 9.17) is 0 Å². The summed E-state index contributed by atoms with van der Waals surface area (Å²) < 4.78 is 0. The third kappa shape index (κ3) is 1.20. The van der Waals surface area contributed by atoms with Gasteiger partial charge in [0.1, 0.15) is 5.69 Å². The van der Waals surface area contributed by atoms with Gasteiger partial charge in [-0.05, 0) is 17.5 Å². The summed E-state index contributed by atoms with van der Waals surface area (Å²) in [6.07, 6.45) is 3.11. The number of hydrogen-bond acceptors (Lipinski definition) is 4. The fourth-order valence-electron chi connectivity index (χ4n) is 2.99. The van der Waals surface area contributed by atoms with E-state index < -0.39 is 0 Å². The van der Waals surface area contributed by atoms with E-state index in [-0.39, 0.29) is 5.91 Å². The second-order valence-corrected chi connectivity index (χ2v) is 4.98. The fraction of sp³-hybridized carbons (Fsp3) is 0. The Morgan fingerprint density at radius 2 is 1.67 bits per heavy atom. The SMILES string of the molecule is O=C1c2nccnc2C2=Nc3cccc4cccc(c34)N12. The van der Waals surface area contributed by atoms with Gasteiger partial charge in [0.15, 0.2) is 11.5 Å². The third-order valence-corrected chi connectivity index (χ3v) is 3.86. The van der Waals surface area contributed by atoms with Gasteiger partial charge in [0, 0.05) is 17.8 Å². The molecule has 3 aromatic rings. The lowest BCUT2D eigenvalue weighted by atomic mass is 10.0. The highest BCUT2D eigenvalue weighted by atomic mass is 16.2. The Morgan fingerprint density at radius 1 is 0.905 bits per heavy atom. The summed E-state index contributed by atoms with van der Waals surface area (Å²) in [5.41, 5.74) is 2.62. The number of hydrogen-bond donors (Lipinski definition) is 0. The molecular weight excluding hydrogens is 264 g/mol. The standard InChI is InChI=1S/C16H8N4O/c21-16-14-13(17-7-8-18-14)15-19-10-5-1-3-9-4-2-6-11(12(9)10)20(15)16/h1-8H. The zero-order valence-corrected chi connectivity index (χ0v) is 10.8. The number of benzene rings is 2. The van der Waals surface area contributed by atoms with E-state index in [0.717, 1.165) is 22.1 Å². The molecule has 2 aliphatic heterocycles. The summed E-state index contributed by atoms with van der Waals surface area (Å²) in [5.74, 6) is 0.396. The maximum atomic E-state index is 12.6. The number of anilines is 1. The van der Waals surface area contributed by atoms with Crippen LogP contribution < -0.4 is 4.90 Å². The lowest BCUT2D eigenvalue weighted by molar-refractivity contribution is 0.100. The molecular formula is C16H8N4O. The molecule has 1 aromatic heterocycles. The molecule has 2 aliphatic rings. The number of amides is 1. The zero-order chi connectivity index (χ0) is 14.0. The van der Waals surface area contributed by atoms with Crippen molar-refractivity contribution in [3.8, 4) is 0 Å². The minimum Gasteiger partial charge on any atom is -0.266 e. The van der Waals surface area contributed by atoms with Gasteiger partial charge >= 0.3 is 0 Å². The predicted octanol–water partition coefficient (Wildman–Crippen LogP) is 2.68. The van der Waals surface area contributed by atoms with Crippen molar-refractivity contribution in [1.82, 2.24) is 9.97 Å². The second-order valence-electron chi connectivity index (χ2n) is 4.98. The van der Waals surface area contributed by atoms with Crippen LogP contribution in [0.4, 0.5) is 11.4 Å². The minimum atomic E-state index is -0.168. The summed E-state index contributed by atoms with van der Waals surface area (Å²) in [7, 11) is 0. The van der Waals surface area contributed by atoms with Crippen LogP contribution in [0, 0.1) is 0 Å². The topological polar surface area (TPSA) is 58.5 Å². The Kier molecular flexibility index (Phi) is 1.79. The van der Waals surface area contributed by atoms with Crippen LogP contribution in [0.25, 0.3) is 10.8 Å². The molecule has 21 heavy (non-hydrogen) atoms. The summed E-state index contributed by atoms with van der Waals surface area (Å²) in [5, 5.41) is 2.06. The van der Waals surface area contributed by atoms with Gasteiger partial charge in [-0.1, -0.05) is 24.3 Å². The molecule has 98 valence electrons. The molecule has 0 bridgehead atoms. The molecule has 5 heteroatoms. The number of carbonyl (C=O) groups excluding carboxylic acids is 1. The first kappa shape index (κ1) is 10.7. The van der Waals surface area contributed by atoms with Crippen molar-refractivity contribution in [3.63, 3.8) is 0 Å². The minimum absolute atomic E-state index is 0.168. The highest BCUT2D eigenvalue weighted by molar-refractivity contribution is 6.38. The molecule has 0 unspecified atom stereocenters. The van der Waals surface area contributed by atoms with Crippen LogP contribution in [0.5, 0.6) is 0 Å². The smallest absolute Gasteiger partial charge is 0.266 e. The highest BCUT2D eigenvalue weighted by Crippen LogP contribution is 2.42. The summed E-state index contributed by atoms with van der Waals surface area (Å²) in [6.45, 7) is 0. The molecule has 1 amide bonds. The van der Waals surface area contributed by atoms with E-state index in [9.17, 15) is 4.79 Å². The first-order valence-corrected chi connectivity index (χ1v) is 6.61. The predicted molar refractivity (Wildman–Crippen MR) is 79.0 cm³/mol. The van der Waals surface area contributed by atoms with E-state index in [0.29, 0.717) is 17.2 Å². The average molecular weight is 272 g/mol. The summed E-state index contributed by atoms with van der Waals surface area (Å²) in [4.78, 5) is 27.3. The Labute approximate surface area is 119 Å². The van der Waals surface area contributed by atoms with E-state index >= 15 is 0 Å². The van der Waals surface area contributed by atoms with Crippen LogP contribution in [0.3, 0.4) is 0 Å². The lowest BCUT2D eigenvalue weighted by Crippen LogP contribution is -2.31. The van der Waals surface area contributed by atoms with Crippen molar-refractivity contribution in [1.29, 1.82) is 0 Å². The number of rotatable bonds is 0. The number of carbonyl (C=O) groups is 1. The Hall–Kier alpha value is -3.08. The quantitative estimate of drug-likeness (QED) is 0.632. The van der Waals surface area contributed by atoms with Gasteiger partial charge in [-0.25, -0.2) is 15.0 Å². The molecule has 0 radical (unpaired) electrons. The maximum Gasteiger partial charge on any atom is 0.285 e. The van der Waals surface area contributed by atoms with Gasteiger partial charge in [-0.15, -0.1) is 0 Å². The van der Waals surface area contributed by atoms with Crippen LogP contribution in [0.1, 0.15) is 16.2 Å². The van der Waals surface area contributed by atoms with Crippen molar-refractivity contribution in [2.75, 3.05) is 4.90 Å². The van der Waals surface area contributed by atoms with Crippen LogP contribution in [-0.2, 0) is 0 Å². The monoisotopic (exact) mass is 272 g/mol. The fourth-order valence-corrected chi connectivity index (χ4v) is 2.99. The molecule has 0 fully saturated rings. The van der Waals surface area contributed by atoms with Gasteiger partial charge in [0.05, 0.1) is 11.4 Å². The molecule has 0 spiro atoms. The number of fused-ring (bicyclic) bond motifs is 4. The number of aromatic nitrogens is 2. The van der Waals surface area contributed by atoms with E-state index in [1.807, 2.05) is 36.4 Å². The van der Waals surface area contributed by atoms with E-state index in [1.165, 1.54) is 6.20 Å². The van der Waals surface area contributed by atoms with Crippen molar-refractivity contribution < 1.29 is 4.79 Å². The highest BCUT2D eigenvalue weighted by Gasteiger charge is 2.40. The molecule has 3 heterocycles. The first-order chi connectivity index (χ1) is 10.3. The van der Waals surface area contributed by atoms with Crippen LogP contribution in [0.2, 0.25) is 0 Å². The molecule has 0 N–H and O–H groups in total. The van der Waals surface area contributed by atoms with Crippen molar-refractivity contribution >= 4 is 33.9 Å². The molecule has 0 saturated carbocycles. The van der Waals surface area contributed by atoms with Crippen LogP contribution in [-0.4, -0.2) is 21.7 Å². The molecule has 0 atom stereocenters. The van der Waals surface area contributed by atoms with E-state index in [2.05, 4.69) is 15.0 Å². The lowest BCUT2D eigenvalue weighted by Gasteiger charge is -2.23. The molecule has 5 rings (SSSR count). The normalized spacial score (nSPS) is 15.0. The van der Waals surface area contributed by atoms with Gasteiger partial charge in [0.25, 0.3) is 5.91 Å². The van der Waals surface area contributed by atoms with Gasteiger partial charge in [0.2, 0.25) is 0 Å². The van der Waals surface area contributed by atoms with Gasteiger partial charge in [-0.2, -0.15) is 0 Å². The number of nitrogens with zero attached hydrogens (tertiary/aromatic N) is 4. The first-order valence-electron chi connectivity index (χ1n) is 6.61. The van der Waals surface area contributed by atoms with Gasteiger partial charge in [-0.3, -0.25) is 9.69 Å². The average Bonchev–Trinajstić information content (AvgIpc) is 2.82. The van der Waals surface area contributed by atoms with Crippen molar-refractivity contribution in [2.24, 2.45) is 4.99 Å². The molecule has 0 aliphatic carbocycles. The molecule has 2 aromatic carbocycles. The Bertz CT molecular complexity index is 972. The van der Waals surface area contributed by atoms with Gasteiger partial charge < -0.3 is 0 Å². The van der Waals surface area contributed by atoms with Crippen LogP contribution >= 0.6 is 0 Å². The Morgan fingerprint density at radius 3 is 2.52 bits per heavy atom. The largest absolute Gasteiger partial charge is 0.285 e. The zero-order valence-electron chi connectivity index (χ0n) is 10.8. The molecule has 5 nitrogen and oxygen atoms in total. The molecule has 0 saturated heterocycles. The maximum absolute atomic E-state index is 12.6. The van der Waals surface area contributed by atoms with Crippen molar-refractivity contribution in [2.45, 2.75) is 0 Å².